The summed E-state index contributed by atoms with van der Waals surface area (Å²) in [6.07, 6.45) is 9.88. The van der Waals surface area contributed by atoms with E-state index >= 15 is 0 Å². The summed E-state index contributed by atoms with van der Waals surface area (Å²) in [6.45, 7) is 3.75. The normalized spacial score (nSPS) is 42.5. The monoisotopic (exact) mass is 176 g/mol. The van der Waals surface area contributed by atoms with Gasteiger partial charge >= 0.3 is 0 Å². The van der Waals surface area contributed by atoms with Crippen LogP contribution in [0.4, 0.5) is 0 Å². The standard InChI is InChI=1S/C12H16O/c1-3-5-8-9-7-10(8)12(9)11(13)6-4-2/h2-3,8-13H,1,5-7H2/t8?,9-,10+,11?,12?. The van der Waals surface area contributed by atoms with Crippen LogP contribution in [0.2, 0.25) is 0 Å². The minimum Gasteiger partial charge on any atom is -0.392 e. The summed E-state index contributed by atoms with van der Waals surface area (Å²) in [5.41, 5.74) is 0. The van der Waals surface area contributed by atoms with Crippen molar-refractivity contribution in [1.29, 1.82) is 0 Å². The lowest BCUT2D eigenvalue weighted by atomic mass is 9.39. The van der Waals surface area contributed by atoms with E-state index in [-0.39, 0.29) is 6.10 Å². The van der Waals surface area contributed by atoms with Crippen molar-refractivity contribution in [2.75, 3.05) is 0 Å². The van der Waals surface area contributed by atoms with E-state index in [1.807, 2.05) is 6.08 Å². The maximum atomic E-state index is 9.69. The second-order valence-electron chi connectivity index (χ2n) is 4.30. The van der Waals surface area contributed by atoms with Crippen LogP contribution in [0, 0.1) is 36.0 Å². The molecule has 0 saturated heterocycles. The molecule has 0 aromatic carbocycles. The third-order valence-electron chi connectivity index (χ3n) is 3.84. The van der Waals surface area contributed by atoms with Gasteiger partial charge in [-0.3, -0.25) is 0 Å². The molecule has 1 heteroatoms. The molecular formula is C12H16O. The van der Waals surface area contributed by atoms with Gasteiger partial charge in [0.1, 0.15) is 0 Å². The Balaban J connectivity index is 1.83. The zero-order valence-corrected chi connectivity index (χ0v) is 7.82. The summed E-state index contributed by atoms with van der Waals surface area (Å²) in [5, 5.41) is 9.69. The molecule has 0 amide bonds. The summed E-state index contributed by atoms with van der Waals surface area (Å²) in [6, 6.07) is 0. The van der Waals surface area contributed by atoms with Gasteiger partial charge in [-0.1, -0.05) is 6.08 Å². The minimum absolute atomic E-state index is 0.241. The molecule has 0 heterocycles. The highest BCUT2D eigenvalue weighted by molar-refractivity contribution is 5.12. The third kappa shape index (κ3) is 1.13. The van der Waals surface area contributed by atoms with Crippen LogP contribution in [0.3, 0.4) is 0 Å². The molecule has 0 aromatic heterocycles. The van der Waals surface area contributed by atoms with Gasteiger partial charge in [0, 0.05) is 6.42 Å². The van der Waals surface area contributed by atoms with Crippen molar-refractivity contribution in [3.05, 3.63) is 12.7 Å². The van der Waals surface area contributed by atoms with Crippen LogP contribution in [0.25, 0.3) is 0 Å². The second-order valence-corrected chi connectivity index (χ2v) is 4.30. The van der Waals surface area contributed by atoms with Crippen molar-refractivity contribution in [2.45, 2.75) is 25.4 Å². The first-order valence-electron chi connectivity index (χ1n) is 5.02. The van der Waals surface area contributed by atoms with Crippen LogP contribution in [0.5, 0.6) is 0 Å². The maximum Gasteiger partial charge on any atom is 0.0682 e. The number of rotatable bonds is 4. The molecule has 70 valence electrons. The number of aliphatic hydroxyl groups is 1. The van der Waals surface area contributed by atoms with Crippen LogP contribution < -0.4 is 0 Å². The van der Waals surface area contributed by atoms with E-state index in [1.165, 1.54) is 6.42 Å². The Morgan fingerprint density at radius 2 is 2.31 bits per heavy atom. The maximum absolute atomic E-state index is 9.69. The molecule has 1 nitrogen and oxygen atoms in total. The van der Waals surface area contributed by atoms with Crippen molar-refractivity contribution in [3.8, 4) is 12.3 Å². The fourth-order valence-electron chi connectivity index (χ4n) is 3.02. The van der Waals surface area contributed by atoms with E-state index in [0.29, 0.717) is 12.3 Å². The second kappa shape index (κ2) is 3.20. The topological polar surface area (TPSA) is 20.2 Å². The molecule has 3 saturated carbocycles. The minimum atomic E-state index is -0.241. The fourth-order valence-corrected chi connectivity index (χ4v) is 3.02. The number of hydrogen-bond donors (Lipinski definition) is 1. The number of terminal acetylenes is 1. The molecule has 3 unspecified atom stereocenters. The van der Waals surface area contributed by atoms with E-state index in [2.05, 4.69) is 12.5 Å². The number of aliphatic hydroxyl groups excluding tert-OH is 1. The SMILES string of the molecule is C#CCC(O)C1[C@@H]2C[C@H]1C2CC=C. The zero-order valence-electron chi connectivity index (χ0n) is 7.82. The predicted octanol–water partition coefficient (Wildman–Crippen LogP) is 1.83. The van der Waals surface area contributed by atoms with Gasteiger partial charge in [0.2, 0.25) is 0 Å². The van der Waals surface area contributed by atoms with E-state index in [1.54, 1.807) is 0 Å². The average molecular weight is 176 g/mol. The molecule has 0 radical (unpaired) electrons. The van der Waals surface area contributed by atoms with Gasteiger partial charge < -0.3 is 5.11 Å². The van der Waals surface area contributed by atoms with Gasteiger partial charge in [-0.15, -0.1) is 18.9 Å². The van der Waals surface area contributed by atoms with Crippen LogP contribution in [0.1, 0.15) is 19.3 Å². The van der Waals surface area contributed by atoms with Crippen LogP contribution in [-0.2, 0) is 0 Å². The third-order valence-corrected chi connectivity index (χ3v) is 3.84. The van der Waals surface area contributed by atoms with Gasteiger partial charge in [-0.05, 0) is 36.5 Å². The first-order chi connectivity index (χ1) is 6.29. The Kier molecular flexibility index (Phi) is 2.17. The molecule has 13 heavy (non-hydrogen) atoms. The zero-order chi connectivity index (χ0) is 9.42. The largest absolute Gasteiger partial charge is 0.392 e. The molecule has 3 fully saturated rings. The van der Waals surface area contributed by atoms with Crippen LogP contribution in [-0.4, -0.2) is 11.2 Å². The van der Waals surface area contributed by atoms with Crippen LogP contribution >= 0.6 is 0 Å². The molecule has 3 aliphatic carbocycles. The summed E-state index contributed by atoms with van der Waals surface area (Å²) in [7, 11) is 0. The Bertz CT molecular complexity index is 240. The molecule has 2 bridgehead atoms. The number of hydrogen-bond acceptors (Lipinski definition) is 1. The van der Waals surface area contributed by atoms with Crippen molar-refractivity contribution >= 4 is 0 Å². The lowest BCUT2D eigenvalue weighted by molar-refractivity contribution is -0.204. The molecule has 3 rings (SSSR count). The molecule has 0 spiro atoms. The summed E-state index contributed by atoms with van der Waals surface area (Å²) >= 11 is 0. The van der Waals surface area contributed by atoms with Crippen LogP contribution in [0.15, 0.2) is 12.7 Å². The molecule has 1 N–H and O–H groups in total. The fraction of sp³-hybridized carbons (Fsp3) is 0.667. The number of allylic oxidation sites excluding steroid dienone is 1. The van der Waals surface area contributed by atoms with Crippen molar-refractivity contribution in [2.24, 2.45) is 23.7 Å². The van der Waals surface area contributed by atoms with E-state index in [4.69, 9.17) is 6.42 Å². The van der Waals surface area contributed by atoms with Gasteiger partial charge in [0.15, 0.2) is 0 Å². The molecule has 5 atom stereocenters. The lowest BCUT2D eigenvalue weighted by Gasteiger charge is -2.66. The summed E-state index contributed by atoms with van der Waals surface area (Å²) in [5.74, 6) is 5.35. The lowest BCUT2D eigenvalue weighted by Crippen LogP contribution is -2.63. The van der Waals surface area contributed by atoms with Gasteiger partial charge in [0.05, 0.1) is 6.10 Å². The molecule has 0 aromatic rings. The quantitative estimate of drug-likeness (QED) is 0.512. The average Bonchev–Trinajstić information content (AvgIpc) is 1.97. The highest BCUT2D eigenvalue weighted by Crippen LogP contribution is 2.65. The smallest absolute Gasteiger partial charge is 0.0682 e. The van der Waals surface area contributed by atoms with E-state index < -0.39 is 0 Å². The Morgan fingerprint density at radius 1 is 1.62 bits per heavy atom. The van der Waals surface area contributed by atoms with Gasteiger partial charge in [-0.2, -0.15) is 0 Å². The van der Waals surface area contributed by atoms with Crippen molar-refractivity contribution in [1.82, 2.24) is 0 Å². The first kappa shape index (κ1) is 8.84. The van der Waals surface area contributed by atoms with Gasteiger partial charge in [0.25, 0.3) is 0 Å². The Hall–Kier alpha value is -0.740. The predicted molar refractivity (Wildman–Crippen MR) is 52.8 cm³/mol. The Morgan fingerprint density at radius 3 is 2.77 bits per heavy atom. The molecule has 0 aliphatic heterocycles. The highest BCUT2D eigenvalue weighted by atomic mass is 16.3. The summed E-state index contributed by atoms with van der Waals surface area (Å²) < 4.78 is 0. The molecular weight excluding hydrogens is 160 g/mol. The first-order valence-corrected chi connectivity index (χ1v) is 5.02. The van der Waals surface area contributed by atoms with Crippen molar-refractivity contribution in [3.63, 3.8) is 0 Å². The summed E-state index contributed by atoms with van der Waals surface area (Å²) in [4.78, 5) is 0. The van der Waals surface area contributed by atoms with Crippen molar-refractivity contribution < 1.29 is 5.11 Å². The van der Waals surface area contributed by atoms with Gasteiger partial charge in [-0.25, -0.2) is 0 Å². The molecule has 3 aliphatic rings. The van der Waals surface area contributed by atoms with E-state index in [0.717, 1.165) is 24.2 Å². The highest BCUT2D eigenvalue weighted by Gasteiger charge is 2.61. The Labute approximate surface area is 79.8 Å². The van der Waals surface area contributed by atoms with E-state index in [9.17, 15) is 5.11 Å².